The first-order valence-electron chi connectivity index (χ1n) is 6.45. The maximum atomic E-state index is 6.30. The Morgan fingerprint density at radius 2 is 1.85 bits per heavy atom. The predicted molar refractivity (Wildman–Crippen MR) is 82.9 cm³/mol. The van der Waals surface area contributed by atoms with Crippen molar-refractivity contribution in [1.29, 1.82) is 0 Å². The predicted octanol–water partition coefficient (Wildman–Crippen LogP) is 3.88. The van der Waals surface area contributed by atoms with Crippen molar-refractivity contribution in [2.45, 2.75) is 25.2 Å². The van der Waals surface area contributed by atoms with Gasteiger partial charge in [-0.05, 0) is 24.8 Å². The van der Waals surface area contributed by atoms with Crippen LogP contribution in [0.2, 0.25) is 10.0 Å². The molecule has 0 bridgehead atoms. The molecule has 3 rings (SSSR count). The van der Waals surface area contributed by atoms with E-state index in [1.807, 2.05) is 12.1 Å². The van der Waals surface area contributed by atoms with Crippen LogP contribution >= 0.6 is 23.2 Å². The summed E-state index contributed by atoms with van der Waals surface area (Å²) in [5.41, 5.74) is 14.2. The average molecular weight is 309 g/mol. The lowest BCUT2D eigenvalue weighted by Crippen LogP contribution is -2.16. The first kappa shape index (κ1) is 13.5. The Bertz CT molecular complexity index is 668. The van der Waals surface area contributed by atoms with Crippen molar-refractivity contribution >= 4 is 35.0 Å². The third-order valence-corrected chi connectivity index (χ3v) is 4.53. The number of hydrogen-bond donors (Lipinski definition) is 2. The minimum atomic E-state index is 0.150. The molecule has 4 nitrogen and oxygen atoms in total. The van der Waals surface area contributed by atoms with Crippen LogP contribution in [0, 0.1) is 0 Å². The van der Waals surface area contributed by atoms with Crippen molar-refractivity contribution in [2.24, 2.45) is 0 Å². The molecule has 0 spiro atoms. The summed E-state index contributed by atoms with van der Waals surface area (Å²) in [5.74, 6) is 0.963. The van der Waals surface area contributed by atoms with Crippen LogP contribution in [0.1, 0.15) is 30.7 Å². The van der Waals surface area contributed by atoms with Crippen LogP contribution in [0.15, 0.2) is 18.2 Å². The van der Waals surface area contributed by atoms with E-state index in [4.69, 9.17) is 34.7 Å². The topological polar surface area (TPSA) is 77.8 Å². The van der Waals surface area contributed by atoms with Crippen molar-refractivity contribution in [1.82, 2.24) is 9.97 Å². The molecule has 1 saturated carbocycles. The second kappa shape index (κ2) is 5.11. The highest BCUT2D eigenvalue weighted by Crippen LogP contribution is 2.45. The number of rotatable bonds is 2. The number of hydrogen-bond acceptors (Lipinski definition) is 4. The van der Waals surface area contributed by atoms with E-state index < -0.39 is 0 Å². The van der Waals surface area contributed by atoms with Gasteiger partial charge in [0, 0.05) is 11.1 Å². The fourth-order valence-electron chi connectivity index (χ4n) is 2.50. The van der Waals surface area contributed by atoms with Crippen molar-refractivity contribution in [2.75, 3.05) is 11.5 Å². The van der Waals surface area contributed by atoms with Crippen LogP contribution in [0.4, 0.5) is 11.8 Å². The number of nitrogens with zero attached hydrogens (tertiary/aromatic N) is 2. The molecule has 0 saturated heterocycles. The van der Waals surface area contributed by atoms with E-state index in [0.717, 1.165) is 24.0 Å². The third kappa shape index (κ3) is 2.19. The molecular weight excluding hydrogens is 295 g/mol. The van der Waals surface area contributed by atoms with Gasteiger partial charge in [-0.1, -0.05) is 41.8 Å². The first-order valence-corrected chi connectivity index (χ1v) is 7.20. The lowest BCUT2D eigenvalue weighted by Gasteiger charge is -2.28. The second-order valence-corrected chi connectivity index (χ2v) is 5.74. The molecule has 20 heavy (non-hydrogen) atoms. The van der Waals surface area contributed by atoms with Crippen LogP contribution in [-0.2, 0) is 0 Å². The molecule has 1 aliphatic carbocycles. The van der Waals surface area contributed by atoms with Gasteiger partial charge in [-0.3, -0.25) is 0 Å². The number of nitrogens with two attached hydrogens (primary N) is 2. The van der Waals surface area contributed by atoms with Gasteiger partial charge in [0.1, 0.15) is 5.82 Å². The molecule has 1 aromatic heterocycles. The van der Waals surface area contributed by atoms with Gasteiger partial charge in [-0.15, -0.1) is 0 Å². The van der Waals surface area contributed by atoms with Crippen LogP contribution in [0.3, 0.4) is 0 Å². The summed E-state index contributed by atoms with van der Waals surface area (Å²) in [5, 5.41) is 0.951. The van der Waals surface area contributed by atoms with Gasteiger partial charge in [0.15, 0.2) is 0 Å². The van der Waals surface area contributed by atoms with E-state index in [2.05, 4.69) is 9.97 Å². The second-order valence-electron chi connectivity index (χ2n) is 4.96. The van der Waals surface area contributed by atoms with Gasteiger partial charge >= 0.3 is 0 Å². The zero-order valence-electron chi connectivity index (χ0n) is 10.7. The number of aromatic nitrogens is 2. The molecule has 0 aliphatic heterocycles. The zero-order valence-corrected chi connectivity index (χ0v) is 12.2. The number of anilines is 2. The van der Waals surface area contributed by atoms with E-state index in [9.17, 15) is 0 Å². The quantitative estimate of drug-likeness (QED) is 0.882. The van der Waals surface area contributed by atoms with Crippen LogP contribution < -0.4 is 11.5 Å². The van der Waals surface area contributed by atoms with Crippen LogP contribution in [0.5, 0.6) is 0 Å². The number of halogens is 2. The summed E-state index contributed by atoms with van der Waals surface area (Å²) in [4.78, 5) is 8.44. The van der Waals surface area contributed by atoms with Gasteiger partial charge in [0.2, 0.25) is 5.95 Å². The van der Waals surface area contributed by atoms with E-state index in [0.29, 0.717) is 27.5 Å². The maximum absolute atomic E-state index is 6.30. The monoisotopic (exact) mass is 308 g/mol. The summed E-state index contributed by atoms with van der Waals surface area (Å²) >= 11 is 12.4. The summed E-state index contributed by atoms with van der Waals surface area (Å²) in [7, 11) is 0. The van der Waals surface area contributed by atoms with Crippen molar-refractivity contribution in [3.8, 4) is 11.3 Å². The molecule has 0 unspecified atom stereocenters. The highest BCUT2D eigenvalue weighted by molar-refractivity contribution is 6.43. The molecule has 6 heteroatoms. The molecule has 0 radical (unpaired) electrons. The Morgan fingerprint density at radius 1 is 1.10 bits per heavy atom. The van der Waals surface area contributed by atoms with E-state index in [1.165, 1.54) is 6.42 Å². The number of nitrogen functional groups attached to an aromatic ring is 2. The minimum Gasteiger partial charge on any atom is -0.383 e. The normalized spacial score (nSPS) is 15.1. The molecule has 0 amide bonds. The highest BCUT2D eigenvalue weighted by atomic mass is 35.5. The fraction of sp³-hybridized carbons (Fsp3) is 0.286. The highest BCUT2D eigenvalue weighted by Gasteiger charge is 2.28. The van der Waals surface area contributed by atoms with Gasteiger partial charge < -0.3 is 11.5 Å². The fourth-order valence-corrected chi connectivity index (χ4v) is 2.89. The molecule has 1 heterocycles. The van der Waals surface area contributed by atoms with Crippen LogP contribution in [0.25, 0.3) is 11.3 Å². The minimum absolute atomic E-state index is 0.150. The van der Waals surface area contributed by atoms with Crippen LogP contribution in [-0.4, -0.2) is 9.97 Å². The van der Waals surface area contributed by atoms with Gasteiger partial charge in [0.25, 0.3) is 0 Å². The lowest BCUT2D eigenvalue weighted by atomic mass is 9.78. The number of benzene rings is 1. The van der Waals surface area contributed by atoms with E-state index in [1.54, 1.807) is 6.07 Å². The van der Waals surface area contributed by atoms with Gasteiger partial charge in [-0.2, -0.15) is 4.98 Å². The molecule has 1 fully saturated rings. The average Bonchev–Trinajstić information content (AvgIpc) is 2.33. The maximum Gasteiger partial charge on any atom is 0.222 e. The summed E-state index contributed by atoms with van der Waals surface area (Å²) in [6.07, 6.45) is 3.36. The zero-order chi connectivity index (χ0) is 14.3. The SMILES string of the molecule is Nc1nc(N)c(C2CCC2)c(-c2cccc(Cl)c2Cl)n1. The first-order chi connectivity index (χ1) is 9.58. The Morgan fingerprint density at radius 3 is 2.50 bits per heavy atom. The summed E-state index contributed by atoms with van der Waals surface area (Å²) in [6, 6.07) is 5.45. The molecule has 1 aromatic carbocycles. The standard InChI is InChI=1S/C14H14Cl2N4/c15-9-6-2-5-8(11(9)16)12-10(7-3-1-4-7)13(17)20-14(18)19-12/h2,5-7H,1,3-4H2,(H4,17,18,19,20). The summed E-state index contributed by atoms with van der Waals surface area (Å²) in [6.45, 7) is 0. The molecule has 1 aliphatic rings. The Hall–Kier alpha value is -1.52. The largest absolute Gasteiger partial charge is 0.383 e. The van der Waals surface area contributed by atoms with Gasteiger partial charge in [0.05, 0.1) is 15.7 Å². The molecule has 4 N–H and O–H groups in total. The smallest absolute Gasteiger partial charge is 0.222 e. The van der Waals surface area contributed by atoms with Crippen molar-refractivity contribution in [3.63, 3.8) is 0 Å². The molecule has 2 aromatic rings. The molecular formula is C14H14Cl2N4. The Kier molecular flexibility index (Phi) is 3.44. The van der Waals surface area contributed by atoms with E-state index >= 15 is 0 Å². The molecule has 0 atom stereocenters. The lowest BCUT2D eigenvalue weighted by molar-refractivity contribution is 0.420. The van der Waals surface area contributed by atoms with E-state index in [-0.39, 0.29) is 5.95 Å². The van der Waals surface area contributed by atoms with Gasteiger partial charge in [-0.25, -0.2) is 4.98 Å². The Balaban J connectivity index is 2.24. The van der Waals surface area contributed by atoms with Crippen molar-refractivity contribution in [3.05, 3.63) is 33.8 Å². The summed E-state index contributed by atoms with van der Waals surface area (Å²) < 4.78 is 0. The van der Waals surface area contributed by atoms with Crippen molar-refractivity contribution < 1.29 is 0 Å². The Labute approximate surface area is 127 Å². The molecule has 104 valence electrons. The third-order valence-electron chi connectivity index (χ3n) is 3.71.